The van der Waals surface area contributed by atoms with E-state index in [0.29, 0.717) is 25.9 Å². The Morgan fingerprint density at radius 2 is 2.00 bits per heavy atom. The first-order valence-electron chi connectivity index (χ1n) is 5.72. The third-order valence-corrected chi connectivity index (χ3v) is 3.62. The average molecular weight is 268 g/mol. The van der Waals surface area contributed by atoms with Crippen molar-refractivity contribution in [2.45, 2.75) is 31.3 Å². The maximum absolute atomic E-state index is 12.2. The topological polar surface area (TPSA) is 73.6 Å². The van der Waals surface area contributed by atoms with Crippen molar-refractivity contribution in [3.63, 3.8) is 0 Å². The third kappa shape index (κ3) is 2.32. The van der Waals surface area contributed by atoms with Gasteiger partial charge in [-0.25, -0.2) is 4.79 Å². The van der Waals surface area contributed by atoms with Crippen molar-refractivity contribution >= 4 is 5.97 Å². The van der Waals surface area contributed by atoms with E-state index >= 15 is 0 Å². The Kier molecular flexibility index (Phi) is 3.52. The first-order valence-corrected chi connectivity index (χ1v) is 5.72. The number of nitrogens with one attached hydrogen (secondary N) is 1. The Morgan fingerprint density at radius 1 is 1.39 bits per heavy atom. The van der Waals surface area contributed by atoms with Gasteiger partial charge in [-0.05, 0) is 25.9 Å². The molecule has 2 rings (SSSR count). The lowest BCUT2D eigenvalue weighted by Crippen LogP contribution is -2.52. The maximum Gasteiger partial charge on any atom is 0.491 e. The van der Waals surface area contributed by atoms with E-state index in [1.165, 1.54) is 0 Å². The van der Waals surface area contributed by atoms with Crippen LogP contribution in [0, 0.1) is 5.41 Å². The second kappa shape index (κ2) is 4.67. The van der Waals surface area contributed by atoms with Gasteiger partial charge in [0.1, 0.15) is 0 Å². The highest BCUT2D eigenvalue weighted by molar-refractivity contribution is 5.75. The summed E-state index contributed by atoms with van der Waals surface area (Å²) in [6.45, 7) is 1.35. The molecule has 0 bridgehead atoms. The molecule has 2 saturated heterocycles. The fourth-order valence-electron chi connectivity index (χ4n) is 2.51. The number of nitrogens with two attached hydrogens (primary N) is 1. The number of piperidine rings is 1. The summed E-state index contributed by atoms with van der Waals surface area (Å²) in [4.78, 5) is 10.9. The molecule has 18 heavy (non-hydrogen) atoms. The molecule has 2 atom stereocenters. The van der Waals surface area contributed by atoms with Gasteiger partial charge in [-0.15, -0.1) is 0 Å². The van der Waals surface area contributed by atoms with Gasteiger partial charge in [-0.3, -0.25) is 0 Å². The lowest BCUT2D eigenvalue weighted by molar-refractivity contribution is -0.233. The molecule has 2 fully saturated rings. The van der Waals surface area contributed by atoms with Gasteiger partial charge in [0.2, 0.25) is 6.29 Å². The van der Waals surface area contributed by atoms with E-state index in [9.17, 15) is 18.0 Å². The minimum Gasteiger partial charge on any atom is -0.428 e. The normalized spacial score (nSPS) is 31.6. The van der Waals surface area contributed by atoms with Crippen LogP contribution in [0.5, 0.6) is 0 Å². The minimum atomic E-state index is -5.01. The SMILES string of the molecule is NC1COC(OC(=O)C(F)(F)F)C12CCNCC2. The Morgan fingerprint density at radius 3 is 2.56 bits per heavy atom. The molecule has 0 radical (unpaired) electrons. The molecule has 2 unspecified atom stereocenters. The van der Waals surface area contributed by atoms with Crippen LogP contribution in [-0.4, -0.2) is 44.2 Å². The number of alkyl halides is 3. The molecule has 0 aromatic heterocycles. The summed E-state index contributed by atoms with van der Waals surface area (Å²) in [6, 6.07) is -0.411. The molecule has 8 heteroatoms. The van der Waals surface area contributed by atoms with Crippen LogP contribution in [0.1, 0.15) is 12.8 Å². The standard InChI is InChI=1S/C10H15F3N2O3/c11-10(12,13)7(16)18-8-9(6(14)5-17-8)1-3-15-4-2-9/h6,8,15H,1-5,14H2. The van der Waals surface area contributed by atoms with E-state index < -0.39 is 29.9 Å². The van der Waals surface area contributed by atoms with Crippen molar-refractivity contribution in [2.75, 3.05) is 19.7 Å². The lowest BCUT2D eigenvalue weighted by atomic mass is 9.74. The van der Waals surface area contributed by atoms with Crippen molar-refractivity contribution < 1.29 is 27.4 Å². The Labute approximate surface area is 102 Å². The van der Waals surface area contributed by atoms with Crippen LogP contribution in [0.2, 0.25) is 0 Å². The molecule has 0 aromatic carbocycles. The van der Waals surface area contributed by atoms with Crippen LogP contribution >= 0.6 is 0 Å². The van der Waals surface area contributed by atoms with E-state index in [1.54, 1.807) is 0 Å². The highest BCUT2D eigenvalue weighted by Crippen LogP contribution is 2.43. The van der Waals surface area contributed by atoms with Crippen molar-refractivity contribution in [2.24, 2.45) is 11.1 Å². The van der Waals surface area contributed by atoms with Gasteiger partial charge >= 0.3 is 12.1 Å². The zero-order chi connectivity index (χ0) is 13.4. The summed E-state index contributed by atoms with van der Waals surface area (Å²) in [7, 11) is 0. The van der Waals surface area contributed by atoms with E-state index in [0.717, 1.165) is 0 Å². The van der Waals surface area contributed by atoms with Crippen LogP contribution in [-0.2, 0) is 14.3 Å². The molecule has 0 saturated carbocycles. The van der Waals surface area contributed by atoms with Gasteiger partial charge in [-0.1, -0.05) is 0 Å². The quantitative estimate of drug-likeness (QED) is 0.662. The molecule has 2 aliphatic heterocycles. The molecule has 0 aliphatic carbocycles. The van der Waals surface area contributed by atoms with Crippen LogP contribution in [0.4, 0.5) is 13.2 Å². The summed E-state index contributed by atoms with van der Waals surface area (Å²) in [5.41, 5.74) is 5.19. The highest BCUT2D eigenvalue weighted by atomic mass is 19.4. The van der Waals surface area contributed by atoms with Gasteiger partial charge in [0, 0.05) is 6.04 Å². The molecular formula is C10H15F3N2O3. The maximum atomic E-state index is 12.2. The van der Waals surface area contributed by atoms with Crippen molar-refractivity contribution in [1.82, 2.24) is 5.32 Å². The Hall–Kier alpha value is -0.860. The van der Waals surface area contributed by atoms with Crippen LogP contribution < -0.4 is 11.1 Å². The van der Waals surface area contributed by atoms with Gasteiger partial charge < -0.3 is 20.5 Å². The fraction of sp³-hybridized carbons (Fsp3) is 0.900. The average Bonchev–Trinajstić information content (AvgIpc) is 2.58. The first-order chi connectivity index (χ1) is 8.36. The summed E-state index contributed by atoms with van der Waals surface area (Å²) in [5, 5.41) is 3.09. The highest BCUT2D eigenvalue weighted by Gasteiger charge is 2.55. The number of carbonyl (C=O) groups excluding carboxylic acids is 1. The Balaban J connectivity index is 2.10. The van der Waals surface area contributed by atoms with Gasteiger partial charge in [0.25, 0.3) is 0 Å². The molecule has 2 aliphatic rings. The zero-order valence-electron chi connectivity index (χ0n) is 9.63. The van der Waals surface area contributed by atoms with Crippen LogP contribution in [0.3, 0.4) is 0 Å². The van der Waals surface area contributed by atoms with Crippen LogP contribution in [0.25, 0.3) is 0 Å². The van der Waals surface area contributed by atoms with Gasteiger partial charge in [0.15, 0.2) is 0 Å². The number of halogens is 3. The third-order valence-electron chi connectivity index (χ3n) is 3.62. The van der Waals surface area contributed by atoms with E-state index in [4.69, 9.17) is 10.5 Å². The molecular weight excluding hydrogens is 253 g/mol. The smallest absolute Gasteiger partial charge is 0.428 e. The number of rotatable bonds is 1. The summed E-state index contributed by atoms with van der Waals surface area (Å²) >= 11 is 0. The summed E-state index contributed by atoms with van der Waals surface area (Å²) in [6.07, 6.45) is -5.15. The van der Waals surface area contributed by atoms with E-state index in [-0.39, 0.29) is 6.61 Å². The predicted octanol–water partition coefficient (Wildman–Crippen LogP) is 0.145. The number of hydrogen-bond donors (Lipinski definition) is 2. The number of ether oxygens (including phenoxy) is 2. The molecule has 5 nitrogen and oxygen atoms in total. The minimum absolute atomic E-state index is 0.107. The van der Waals surface area contributed by atoms with Gasteiger partial charge in [0.05, 0.1) is 12.0 Å². The van der Waals surface area contributed by atoms with E-state index in [1.807, 2.05) is 0 Å². The fourth-order valence-corrected chi connectivity index (χ4v) is 2.51. The molecule has 2 heterocycles. The number of esters is 1. The second-order valence-electron chi connectivity index (χ2n) is 4.66. The predicted molar refractivity (Wildman–Crippen MR) is 54.4 cm³/mol. The number of carbonyl (C=O) groups is 1. The van der Waals surface area contributed by atoms with E-state index in [2.05, 4.69) is 10.1 Å². The van der Waals surface area contributed by atoms with Crippen molar-refractivity contribution in [1.29, 1.82) is 0 Å². The van der Waals surface area contributed by atoms with Gasteiger partial charge in [-0.2, -0.15) is 13.2 Å². The van der Waals surface area contributed by atoms with Crippen molar-refractivity contribution in [3.8, 4) is 0 Å². The molecule has 3 N–H and O–H groups in total. The molecule has 104 valence electrons. The molecule has 1 spiro atoms. The largest absolute Gasteiger partial charge is 0.491 e. The number of hydrogen-bond acceptors (Lipinski definition) is 5. The lowest BCUT2D eigenvalue weighted by Gasteiger charge is -2.39. The second-order valence-corrected chi connectivity index (χ2v) is 4.66. The summed E-state index contributed by atoms with van der Waals surface area (Å²) < 4.78 is 46.1. The zero-order valence-corrected chi connectivity index (χ0v) is 9.63. The summed E-state index contributed by atoms with van der Waals surface area (Å²) in [5.74, 6) is -2.22. The Bertz CT molecular complexity index is 329. The first kappa shape index (κ1) is 13.6. The van der Waals surface area contributed by atoms with Crippen molar-refractivity contribution in [3.05, 3.63) is 0 Å². The molecule has 0 aromatic rings. The molecule has 0 amide bonds. The van der Waals surface area contributed by atoms with Crippen LogP contribution in [0.15, 0.2) is 0 Å². The monoisotopic (exact) mass is 268 g/mol.